The van der Waals surface area contributed by atoms with Gasteiger partial charge in [0, 0.05) is 3.57 Å². The molecule has 0 spiro atoms. The van der Waals surface area contributed by atoms with Crippen LogP contribution in [0.4, 0.5) is 5.69 Å². The molecule has 1 aromatic rings. The second-order valence-corrected chi connectivity index (χ2v) is 7.19. The van der Waals surface area contributed by atoms with Crippen molar-refractivity contribution in [3.05, 3.63) is 39.5 Å². The summed E-state index contributed by atoms with van der Waals surface area (Å²) in [4.78, 5) is 26.8. The van der Waals surface area contributed by atoms with Crippen molar-refractivity contribution in [2.75, 3.05) is 4.90 Å². The van der Waals surface area contributed by atoms with Crippen molar-refractivity contribution in [3.63, 3.8) is 0 Å². The number of halogens is 1. The predicted molar refractivity (Wildman–Crippen MR) is 84.1 cm³/mol. The zero-order valence-electron chi connectivity index (χ0n) is 11.0. The number of rotatable bonds is 1. The van der Waals surface area contributed by atoms with Crippen LogP contribution in [0.25, 0.3) is 0 Å². The summed E-state index contributed by atoms with van der Waals surface area (Å²) < 4.78 is 1.12. The number of aryl methyl sites for hydroxylation is 1. The molecule has 2 bridgehead atoms. The lowest BCUT2D eigenvalue weighted by atomic mass is 9.85. The van der Waals surface area contributed by atoms with E-state index in [1.807, 2.05) is 25.1 Å². The van der Waals surface area contributed by atoms with E-state index in [4.69, 9.17) is 0 Å². The van der Waals surface area contributed by atoms with Gasteiger partial charge in [-0.05, 0) is 71.5 Å². The number of amides is 2. The van der Waals surface area contributed by atoms with Gasteiger partial charge in [0.2, 0.25) is 11.8 Å². The van der Waals surface area contributed by atoms with Gasteiger partial charge in [0.15, 0.2) is 0 Å². The van der Waals surface area contributed by atoms with Crippen LogP contribution in [0.3, 0.4) is 0 Å². The summed E-state index contributed by atoms with van der Waals surface area (Å²) >= 11 is 2.24. The lowest BCUT2D eigenvalue weighted by Gasteiger charge is -2.19. The molecular weight excluding hydrogens is 365 g/mol. The molecule has 4 rings (SSSR count). The number of hydrogen-bond acceptors (Lipinski definition) is 2. The Kier molecular flexibility index (Phi) is 2.61. The first kappa shape index (κ1) is 12.6. The van der Waals surface area contributed by atoms with Crippen molar-refractivity contribution in [2.24, 2.45) is 23.7 Å². The molecule has 0 aromatic heterocycles. The summed E-state index contributed by atoms with van der Waals surface area (Å²) in [6.45, 7) is 1.96. The van der Waals surface area contributed by atoms with Gasteiger partial charge in [0.1, 0.15) is 0 Å². The largest absolute Gasteiger partial charge is 0.274 e. The number of carbonyl (C=O) groups is 2. The normalized spacial score (nSPS) is 34.2. The molecule has 2 fully saturated rings. The van der Waals surface area contributed by atoms with Gasteiger partial charge in [-0.3, -0.25) is 9.59 Å². The predicted octanol–water partition coefficient (Wildman–Crippen LogP) is 2.91. The highest BCUT2D eigenvalue weighted by Gasteiger charge is 2.59. The monoisotopic (exact) mass is 379 g/mol. The fourth-order valence-corrected chi connectivity index (χ4v) is 4.66. The van der Waals surface area contributed by atoms with E-state index in [0.29, 0.717) is 0 Å². The van der Waals surface area contributed by atoms with Gasteiger partial charge in [-0.1, -0.05) is 12.2 Å². The van der Waals surface area contributed by atoms with Gasteiger partial charge in [0.25, 0.3) is 0 Å². The second-order valence-electron chi connectivity index (χ2n) is 5.94. The Morgan fingerprint density at radius 1 is 1.10 bits per heavy atom. The average Bonchev–Trinajstić information content (AvgIpc) is 3.06. The van der Waals surface area contributed by atoms with Crippen LogP contribution in [0.1, 0.15) is 12.0 Å². The molecule has 1 saturated carbocycles. The Bertz CT molecular complexity index is 636. The summed E-state index contributed by atoms with van der Waals surface area (Å²) in [6, 6.07) is 5.85. The Morgan fingerprint density at radius 3 is 2.25 bits per heavy atom. The third-order valence-corrected chi connectivity index (χ3v) is 5.54. The van der Waals surface area contributed by atoms with Crippen LogP contribution >= 0.6 is 22.6 Å². The lowest BCUT2D eigenvalue weighted by molar-refractivity contribution is -0.123. The molecule has 1 aliphatic heterocycles. The smallest absolute Gasteiger partial charge is 0.238 e. The molecule has 4 atom stereocenters. The second kappa shape index (κ2) is 4.16. The lowest BCUT2D eigenvalue weighted by Crippen LogP contribution is -2.33. The highest BCUT2D eigenvalue weighted by molar-refractivity contribution is 14.1. The van der Waals surface area contributed by atoms with Gasteiger partial charge < -0.3 is 0 Å². The zero-order chi connectivity index (χ0) is 14.0. The number of allylic oxidation sites excluding steroid dienone is 2. The standard InChI is InChI=1S/C16H14INO2/c1-8-6-11(17)4-5-12(8)18-15(19)13-9-2-3-10(7-9)14(13)16(18)20/h2-6,9-10,13-14H,7H2,1H3. The molecule has 2 aliphatic carbocycles. The van der Waals surface area contributed by atoms with Crippen LogP contribution in [-0.4, -0.2) is 11.8 Å². The average molecular weight is 379 g/mol. The summed E-state index contributed by atoms with van der Waals surface area (Å²) in [5, 5.41) is 0. The minimum Gasteiger partial charge on any atom is -0.274 e. The Balaban J connectivity index is 1.78. The maximum absolute atomic E-state index is 12.7. The Morgan fingerprint density at radius 2 is 1.70 bits per heavy atom. The van der Waals surface area contributed by atoms with Crippen molar-refractivity contribution >= 4 is 40.1 Å². The van der Waals surface area contributed by atoms with E-state index in [1.165, 1.54) is 4.90 Å². The number of anilines is 1. The third kappa shape index (κ3) is 1.51. The topological polar surface area (TPSA) is 37.4 Å². The van der Waals surface area contributed by atoms with Crippen molar-refractivity contribution in [2.45, 2.75) is 13.3 Å². The van der Waals surface area contributed by atoms with Crippen LogP contribution in [0.5, 0.6) is 0 Å². The van der Waals surface area contributed by atoms with Gasteiger partial charge in [-0.25, -0.2) is 4.90 Å². The van der Waals surface area contributed by atoms with E-state index in [0.717, 1.165) is 21.2 Å². The maximum Gasteiger partial charge on any atom is 0.238 e. The molecule has 3 aliphatic rings. The van der Waals surface area contributed by atoms with Gasteiger partial charge in [0.05, 0.1) is 17.5 Å². The first-order valence-corrected chi connectivity index (χ1v) is 7.98. The Labute approximate surface area is 131 Å². The number of imide groups is 1. The highest BCUT2D eigenvalue weighted by Crippen LogP contribution is 2.53. The number of nitrogens with zero attached hydrogens (tertiary/aromatic N) is 1. The van der Waals surface area contributed by atoms with E-state index in [2.05, 4.69) is 34.7 Å². The Hall–Kier alpha value is -1.17. The zero-order valence-corrected chi connectivity index (χ0v) is 13.2. The molecule has 2 amide bonds. The summed E-state index contributed by atoms with van der Waals surface area (Å²) in [6.07, 6.45) is 5.23. The minimum atomic E-state index is -0.115. The molecule has 3 nitrogen and oxygen atoms in total. The molecule has 1 heterocycles. The summed E-state index contributed by atoms with van der Waals surface area (Å²) in [5.74, 6) is 0.320. The number of hydrogen-bond donors (Lipinski definition) is 0. The molecule has 1 saturated heterocycles. The number of carbonyl (C=O) groups excluding carboxylic acids is 2. The summed E-state index contributed by atoms with van der Waals surface area (Å²) in [5.41, 5.74) is 1.74. The quantitative estimate of drug-likeness (QED) is 0.428. The first-order chi connectivity index (χ1) is 9.58. The van der Waals surface area contributed by atoms with Crippen LogP contribution in [0, 0.1) is 34.2 Å². The van der Waals surface area contributed by atoms with Crippen molar-refractivity contribution in [1.82, 2.24) is 0 Å². The SMILES string of the molecule is Cc1cc(I)ccc1N1C(=O)C2C3C=CC(C3)C2C1=O. The molecule has 0 N–H and O–H groups in total. The maximum atomic E-state index is 12.7. The molecule has 102 valence electrons. The fraction of sp³-hybridized carbons (Fsp3) is 0.375. The number of fused-ring (bicyclic) bond motifs is 5. The van der Waals surface area contributed by atoms with E-state index in [1.54, 1.807) is 0 Å². The summed E-state index contributed by atoms with van der Waals surface area (Å²) in [7, 11) is 0. The molecular formula is C16H14INO2. The number of benzene rings is 1. The van der Waals surface area contributed by atoms with E-state index < -0.39 is 0 Å². The third-order valence-electron chi connectivity index (χ3n) is 4.87. The molecule has 4 unspecified atom stereocenters. The molecule has 4 heteroatoms. The van der Waals surface area contributed by atoms with Gasteiger partial charge in [-0.15, -0.1) is 0 Å². The molecule has 0 radical (unpaired) electrons. The van der Waals surface area contributed by atoms with Crippen LogP contribution in [0.2, 0.25) is 0 Å². The van der Waals surface area contributed by atoms with Crippen molar-refractivity contribution in [3.8, 4) is 0 Å². The molecule has 20 heavy (non-hydrogen) atoms. The fourth-order valence-electron chi connectivity index (χ4n) is 4.01. The first-order valence-electron chi connectivity index (χ1n) is 6.90. The van der Waals surface area contributed by atoms with Crippen molar-refractivity contribution in [1.29, 1.82) is 0 Å². The van der Waals surface area contributed by atoms with E-state index >= 15 is 0 Å². The van der Waals surface area contributed by atoms with Gasteiger partial charge >= 0.3 is 0 Å². The van der Waals surface area contributed by atoms with Crippen LogP contribution in [0.15, 0.2) is 30.4 Å². The van der Waals surface area contributed by atoms with E-state index in [9.17, 15) is 9.59 Å². The van der Waals surface area contributed by atoms with Crippen LogP contribution in [-0.2, 0) is 9.59 Å². The van der Waals surface area contributed by atoms with Crippen molar-refractivity contribution < 1.29 is 9.59 Å². The minimum absolute atomic E-state index is 0.00107. The highest BCUT2D eigenvalue weighted by atomic mass is 127. The van der Waals surface area contributed by atoms with Gasteiger partial charge in [-0.2, -0.15) is 0 Å². The van der Waals surface area contributed by atoms with Crippen LogP contribution < -0.4 is 4.90 Å². The molecule has 1 aromatic carbocycles. The van der Waals surface area contributed by atoms with E-state index in [-0.39, 0.29) is 35.5 Å².